The Morgan fingerprint density at radius 1 is 0.806 bits per heavy atom. The van der Waals surface area contributed by atoms with Crippen molar-refractivity contribution in [2.24, 2.45) is 0 Å². The largest absolute Gasteiger partial charge is 0.497 e. The lowest BCUT2D eigenvalue weighted by molar-refractivity contribution is -0.115. The third kappa shape index (κ3) is 6.34. The first-order chi connectivity index (χ1) is 17.4. The monoisotopic (exact) mass is 496 g/mol. The number of ether oxygens (including phenoxy) is 1. The predicted octanol–water partition coefficient (Wildman–Crippen LogP) is 7.04. The Kier molecular flexibility index (Phi) is 8.08. The number of hydrogen-bond donors (Lipinski definition) is 2. The number of carbonyl (C=O) groups excluding carboxylic acids is 2. The molecule has 0 radical (unpaired) electrons. The van der Waals surface area contributed by atoms with Crippen LogP contribution >= 0.6 is 11.8 Å². The molecule has 2 amide bonds. The molecule has 2 N–H and O–H groups in total. The van der Waals surface area contributed by atoms with Gasteiger partial charge in [-0.05, 0) is 79.1 Å². The molecule has 0 heterocycles. The Balaban J connectivity index is 1.50. The van der Waals surface area contributed by atoms with Crippen LogP contribution in [-0.2, 0) is 4.79 Å². The zero-order valence-corrected chi connectivity index (χ0v) is 21.3. The number of benzene rings is 4. The molecule has 4 aromatic carbocycles. The van der Waals surface area contributed by atoms with Crippen molar-refractivity contribution >= 4 is 35.0 Å². The van der Waals surface area contributed by atoms with Gasteiger partial charge in [0.1, 0.15) is 11.0 Å². The van der Waals surface area contributed by atoms with Crippen LogP contribution in [-0.4, -0.2) is 18.9 Å². The van der Waals surface area contributed by atoms with E-state index in [4.69, 9.17) is 4.74 Å². The summed E-state index contributed by atoms with van der Waals surface area (Å²) < 4.78 is 5.20. The Bertz CT molecular complexity index is 1350. The summed E-state index contributed by atoms with van der Waals surface area (Å²) >= 11 is 1.47. The lowest BCUT2D eigenvalue weighted by atomic mass is 10.1. The number of rotatable bonds is 8. The Morgan fingerprint density at radius 3 is 2.28 bits per heavy atom. The molecule has 0 aliphatic heterocycles. The zero-order valence-electron chi connectivity index (χ0n) is 20.4. The number of thioether (sulfide) groups is 1. The fourth-order valence-corrected chi connectivity index (χ4v) is 4.71. The molecule has 0 saturated carbocycles. The molecule has 1 unspecified atom stereocenters. The maximum atomic E-state index is 13.4. The summed E-state index contributed by atoms with van der Waals surface area (Å²) in [6, 6.07) is 30.3. The van der Waals surface area contributed by atoms with Crippen LogP contribution in [0.4, 0.5) is 11.4 Å². The van der Waals surface area contributed by atoms with E-state index in [1.165, 1.54) is 11.8 Å². The van der Waals surface area contributed by atoms with Crippen molar-refractivity contribution in [1.82, 2.24) is 0 Å². The van der Waals surface area contributed by atoms with E-state index in [-0.39, 0.29) is 11.8 Å². The molecule has 0 aliphatic rings. The van der Waals surface area contributed by atoms with Crippen molar-refractivity contribution < 1.29 is 14.3 Å². The van der Waals surface area contributed by atoms with E-state index in [0.717, 1.165) is 27.3 Å². The van der Waals surface area contributed by atoms with Crippen LogP contribution in [0.15, 0.2) is 102 Å². The van der Waals surface area contributed by atoms with Gasteiger partial charge in [0.05, 0.1) is 7.11 Å². The van der Waals surface area contributed by atoms with Gasteiger partial charge < -0.3 is 15.4 Å². The summed E-state index contributed by atoms with van der Waals surface area (Å²) in [4.78, 5) is 26.9. The second-order valence-electron chi connectivity index (χ2n) is 8.43. The molecular weight excluding hydrogens is 468 g/mol. The van der Waals surface area contributed by atoms with E-state index in [1.807, 2.05) is 86.6 Å². The summed E-state index contributed by atoms with van der Waals surface area (Å²) in [5.41, 5.74) is 5.02. The number of aryl methyl sites for hydroxylation is 2. The third-order valence-electron chi connectivity index (χ3n) is 5.69. The van der Waals surface area contributed by atoms with E-state index in [2.05, 4.69) is 10.6 Å². The van der Waals surface area contributed by atoms with Gasteiger partial charge in [0.2, 0.25) is 5.91 Å². The zero-order chi connectivity index (χ0) is 25.5. The molecule has 0 spiro atoms. The molecule has 0 aliphatic carbocycles. The van der Waals surface area contributed by atoms with Crippen LogP contribution in [0.2, 0.25) is 0 Å². The molecule has 0 aromatic heterocycles. The Morgan fingerprint density at radius 2 is 1.56 bits per heavy atom. The number of hydrogen-bond acceptors (Lipinski definition) is 4. The molecule has 0 saturated heterocycles. The smallest absolute Gasteiger partial charge is 0.255 e. The number of carbonyl (C=O) groups is 2. The molecule has 6 heteroatoms. The van der Waals surface area contributed by atoms with Crippen LogP contribution in [0.25, 0.3) is 0 Å². The van der Waals surface area contributed by atoms with Crippen LogP contribution in [0.5, 0.6) is 5.75 Å². The summed E-state index contributed by atoms with van der Waals surface area (Å²) in [5, 5.41) is 5.57. The average Bonchev–Trinajstić information content (AvgIpc) is 2.90. The standard InChI is InChI=1S/C30H28N2O3S/c1-20-12-13-21(2)27(18-20)32-30(34)28(22-8-5-4-6-9-22)36-26-16-14-24(15-17-26)31-29(33)23-10-7-11-25(19-23)35-3/h4-19,28H,1-3H3,(H,31,33)(H,32,34). The van der Waals surface area contributed by atoms with Crippen molar-refractivity contribution in [2.45, 2.75) is 24.0 Å². The van der Waals surface area contributed by atoms with Gasteiger partial charge in [0.15, 0.2) is 0 Å². The summed E-state index contributed by atoms with van der Waals surface area (Å²) in [6.45, 7) is 3.99. The number of amides is 2. The summed E-state index contributed by atoms with van der Waals surface area (Å²) in [5.74, 6) is 0.320. The van der Waals surface area contributed by atoms with Crippen LogP contribution in [0.3, 0.4) is 0 Å². The highest BCUT2D eigenvalue weighted by Crippen LogP contribution is 2.37. The predicted molar refractivity (Wildman–Crippen MR) is 147 cm³/mol. The van der Waals surface area contributed by atoms with Crippen molar-refractivity contribution in [2.75, 3.05) is 17.7 Å². The average molecular weight is 497 g/mol. The second-order valence-corrected chi connectivity index (χ2v) is 9.61. The van der Waals surface area contributed by atoms with E-state index >= 15 is 0 Å². The molecule has 4 rings (SSSR count). The Labute approximate surface area is 215 Å². The highest BCUT2D eigenvalue weighted by Gasteiger charge is 2.23. The van der Waals surface area contributed by atoms with Gasteiger partial charge in [-0.15, -0.1) is 11.8 Å². The van der Waals surface area contributed by atoms with E-state index in [9.17, 15) is 9.59 Å². The SMILES string of the molecule is COc1cccc(C(=O)Nc2ccc(SC(C(=O)Nc3cc(C)ccc3C)c3ccccc3)cc2)c1. The van der Waals surface area contributed by atoms with Gasteiger partial charge in [-0.1, -0.05) is 48.5 Å². The normalized spacial score (nSPS) is 11.4. The highest BCUT2D eigenvalue weighted by molar-refractivity contribution is 8.00. The van der Waals surface area contributed by atoms with Crippen LogP contribution in [0, 0.1) is 13.8 Å². The molecule has 5 nitrogen and oxygen atoms in total. The second kappa shape index (κ2) is 11.6. The summed E-state index contributed by atoms with van der Waals surface area (Å²) in [7, 11) is 1.57. The van der Waals surface area contributed by atoms with Gasteiger partial charge >= 0.3 is 0 Å². The number of methoxy groups -OCH3 is 1. The van der Waals surface area contributed by atoms with Gasteiger partial charge in [-0.2, -0.15) is 0 Å². The number of anilines is 2. The molecule has 1 atom stereocenters. The molecule has 4 aromatic rings. The van der Waals surface area contributed by atoms with Crippen molar-refractivity contribution in [1.29, 1.82) is 0 Å². The van der Waals surface area contributed by atoms with E-state index < -0.39 is 5.25 Å². The van der Waals surface area contributed by atoms with E-state index in [0.29, 0.717) is 17.0 Å². The maximum Gasteiger partial charge on any atom is 0.255 e. The van der Waals surface area contributed by atoms with Gasteiger partial charge in [-0.25, -0.2) is 0 Å². The highest BCUT2D eigenvalue weighted by atomic mass is 32.2. The maximum absolute atomic E-state index is 13.4. The fraction of sp³-hybridized carbons (Fsp3) is 0.133. The molecular formula is C30H28N2O3S. The van der Waals surface area contributed by atoms with E-state index in [1.54, 1.807) is 31.4 Å². The lowest BCUT2D eigenvalue weighted by Crippen LogP contribution is -2.19. The quantitative estimate of drug-likeness (QED) is 0.257. The molecule has 36 heavy (non-hydrogen) atoms. The summed E-state index contributed by atoms with van der Waals surface area (Å²) in [6.07, 6.45) is 0. The van der Waals surface area contributed by atoms with Crippen molar-refractivity contribution in [3.63, 3.8) is 0 Å². The minimum Gasteiger partial charge on any atom is -0.497 e. The molecule has 0 bridgehead atoms. The van der Waals surface area contributed by atoms with Crippen LogP contribution < -0.4 is 15.4 Å². The third-order valence-corrected chi connectivity index (χ3v) is 6.96. The minimum absolute atomic E-state index is 0.0877. The minimum atomic E-state index is -0.441. The Hall–Kier alpha value is -4.03. The lowest BCUT2D eigenvalue weighted by Gasteiger charge is -2.18. The fourth-order valence-electron chi connectivity index (χ4n) is 3.69. The van der Waals surface area contributed by atoms with Crippen molar-refractivity contribution in [3.05, 3.63) is 119 Å². The van der Waals surface area contributed by atoms with Gasteiger partial charge in [-0.3, -0.25) is 9.59 Å². The molecule has 0 fully saturated rings. The van der Waals surface area contributed by atoms with Crippen LogP contribution in [0.1, 0.15) is 32.3 Å². The molecule has 182 valence electrons. The first kappa shape index (κ1) is 25.1. The van der Waals surface area contributed by atoms with Gasteiger partial charge in [0, 0.05) is 21.8 Å². The number of nitrogens with one attached hydrogen (secondary N) is 2. The first-order valence-electron chi connectivity index (χ1n) is 11.6. The van der Waals surface area contributed by atoms with Gasteiger partial charge in [0.25, 0.3) is 5.91 Å². The van der Waals surface area contributed by atoms with Crippen molar-refractivity contribution in [3.8, 4) is 5.75 Å². The first-order valence-corrected chi connectivity index (χ1v) is 12.5. The topological polar surface area (TPSA) is 67.4 Å².